The van der Waals surface area contributed by atoms with Gasteiger partial charge in [0.25, 0.3) is 0 Å². The van der Waals surface area contributed by atoms with Gasteiger partial charge in [0, 0.05) is 36.6 Å². The number of carboxylic acids is 1. The monoisotopic (exact) mass is 288 g/mol. The third-order valence-electron chi connectivity index (χ3n) is 3.42. The summed E-state index contributed by atoms with van der Waals surface area (Å²) >= 11 is 0. The summed E-state index contributed by atoms with van der Waals surface area (Å²) in [5.74, 6) is -1.06. The molecule has 0 unspecified atom stereocenters. The van der Waals surface area contributed by atoms with Crippen molar-refractivity contribution in [2.45, 2.75) is 20.4 Å². The Balaban J connectivity index is 2.01. The van der Waals surface area contributed by atoms with Crippen molar-refractivity contribution < 1.29 is 14.3 Å². The average Bonchev–Trinajstić information content (AvgIpc) is 2.96. The number of anilines is 2. The van der Waals surface area contributed by atoms with E-state index < -0.39 is 5.97 Å². The molecule has 0 spiro atoms. The van der Waals surface area contributed by atoms with Crippen LogP contribution < -0.4 is 10.2 Å². The van der Waals surface area contributed by atoms with E-state index in [1.54, 1.807) is 6.07 Å². The van der Waals surface area contributed by atoms with Gasteiger partial charge in [-0.1, -0.05) is 0 Å². The Bertz CT molecular complexity index is 586. The number of aromatic carboxylic acids is 1. The highest BCUT2D eigenvalue weighted by molar-refractivity contribution is 5.86. The molecule has 1 aromatic heterocycles. The van der Waals surface area contributed by atoms with Crippen molar-refractivity contribution >= 4 is 17.3 Å². The van der Waals surface area contributed by atoms with E-state index in [0.717, 1.165) is 18.8 Å². The molecule has 1 aromatic carbocycles. The largest absolute Gasteiger partial charge is 0.475 e. The molecule has 5 nitrogen and oxygen atoms in total. The van der Waals surface area contributed by atoms with E-state index in [1.165, 1.54) is 12.0 Å². The van der Waals surface area contributed by atoms with Crippen molar-refractivity contribution in [2.24, 2.45) is 0 Å². The molecule has 2 aromatic rings. The van der Waals surface area contributed by atoms with Gasteiger partial charge >= 0.3 is 5.97 Å². The van der Waals surface area contributed by atoms with Crippen LogP contribution in [0.3, 0.4) is 0 Å². The maximum atomic E-state index is 11.0. The first-order valence-electron chi connectivity index (χ1n) is 7.04. The summed E-state index contributed by atoms with van der Waals surface area (Å²) in [5.41, 5.74) is 2.76. The molecule has 0 saturated carbocycles. The highest BCUT2D eigenvalue weighted by atomic mass is 16.4. The fourth-order valence-corrected chi connectivity index (χ4v) is 2.24. The van der Waals surface area contributed by atoms with Gasteiger partial charge in [-0.3, -0.25) is 0 Å². The lowest BCUT2D eigenvalue weighted by Crippen LogP contribution is -2.21. The Labute approximate surface area is 124 Å². The van der Waals surface area contributed by atoms with Gasteiger partial charge in [0.2, 0.25) is 5.76 Å². The van der Waals surface area contributed by atoms with Gasteiger partial charge in [-0.2, -0.15) is 0 Å². The first-order valence-corrected chi connectivity index (χ1v) is 7.04. The number of carboxylic acid groups (broad SMARTS) is 1. The van der Waals surface area contributed by atoms with E-state index in [0.29, 0.717) is 12.1 Å². The number of benzene rings is 1. The van der Waals surface area contributed by atoms with Gasteiger partial charge in [-0.15, -0.1) is 0 Å². The minimum atomic E-state index is -1.05. The molecule has 0 aliphatic heterocycles. The summed E-state index contributed by atoms with van der Waals surface area (Å²) in [4.78, 5) is 13.2. The van der Waals surface area contributed by atoms with Gasteiger partial charge in [-0.05, 0) is 44.2 Å². The van der Waals surface area contributed by atoms with E-state index >= 15 is 0 Å². The normalized spacial score (nSPS) is 10.4. The number of hydrogen-bond donors (Lipinski definition) is 2. The molecule has 0 amide bonds. The van der Waals surface area contributed by atoms with Gasteiger partial charge in [0.1, 0.15) is 0 Å². The molecule has 2 N–H and O–H groups in total. The van der Waals surface area contributed by atoms with Crippen LogP contribution in [0, 0.1) is 0 Å². The van der Waals surface area contributed by atoms with Crippen LogP contribution in [0.15, 0.2) is 41.0 Å². The van der Waals surface area contributed by atoms with Crippen molar-refractivity contribution in [3.63, 3.8) is 0 Å². The number of rotatable bonds is 7. The molecule has 2 rings (SSSR count). The number of carbonyl (C=O) groups is 1. The summed E-state index contributed by atoms with van der Waals surface area (Å²) in [6, 6.07) is 9.77. The lowest BCUT2D eigenvalue weighted by atomic mass is 10.2. The lowest BCUT2D eigenvalue weighted by Gasteiger charge is -2.21. The zero-order valence-corrected chi connectivity index (χ0v) is 12.3. The maximum Gasteiger partial charge on any atom is 0.372 e. The number of furan rings is 1. The van der Waals surface area contributed by atoms with Crippen molar-refractivity contribution in [2.75, 3.05) is 23.3 Å². The Kier molecular flexibility index (Phi) is 4.87. The zero-order valence-electron chi connectivity index (χ0n) is 12.3. The van der Waals surface area contributed by atoms with Crippen LogP contribution in [0.1, 0.15) is 30.0 Å². The van der Waals surface area contributed by atoms with Crippen LogP contribution in [-0.4, -0.2) is 24.2 Å². The molecule has 0 aliphatic rings. The lowest BCUT2D eigenvalue weighted by molar-refractivity contribution is 0.0661. The summed E-state index contributed by atoms with van der Waals surface area (Å²) in [6.45, 7) is 6.62. The molecule has 0 bridgehead atoms. The van der Waals surface area contributed by atoms with Crippen molar-refractivity contribution in [3.05, 3.63) is 47.9 Å². The molecule has 112 valence electrons. The quantitative estimate of drug-likeness (QED) is 0.817. The van der Waals surface area contributed by atoms with Crippen LogP contribution in [0.5, 0.6) is 0 Å². The van der Waals surface area contributed by atoms with Crippen LogP contribution in [0.2, 0.25) is 0 Å². The molecule has 1 heterocycles. The smallest absolute Gasteiger partial charge is 0.372 e. The van der Waals surface area contributed by atoms with E-state index in [4.69, 9.17) is 9.52 Å². The third-order valence-corrected chi connectivity index (χ3v) is 3.42. The minimum Gasteiger partial charge on any atom is -0.475 e. The first kappa shape index (κ1) is 15.0. The molecule has 0 saturated heterocycles. The fraction of sp³-hybridized carbons (Fsp3) is 0.312. The molecule has 5 heteroatoms. The number of nitrogens with one attached hydrogen (secondary N) is 1. The van der Waals surface area contributed by atoms with E-state index in [2.05, 4.69) is 36.2 Å². The van der Waals surface area contributed by atoms with Crippen LogP contribution in [0.4, 0.5) is 11.4 Å². The SMILES string of the molecule is CCN(CC)c1ccc(NCc2ccoc2C(=O)O)cc1. The molecule has 21 heavy (non-hydrogen) atoms. The van der Waals surface area contributed by atoms with Crippen molar-refractivity contribution in [1.29, 1.82) is 0 Å². The predicted molar refractivity (Wildman–Crippen MR) is 83.0 cm³/mol. The second-order valence-corrected chi connectivity index (χ2v) is 4.65. The molecule has 0 atom stereocenters. The molecule has 0 aliphatic carbocycles. The van der Waals surface area contributed by atoms with E-state index in [9.17, 15) is 4.79 Å². The average molecular weight is 288 g/mol. The van der Waals surface area contributed by atoms with Gasteiger partial charge in [-0.25, -0.2) is 4.79 Å². The summed E-state index contributed by atoms with van der Waals surface area (Å²) in [5, 5.41) is 12.2. The summed E-state index contributed by atoms with van der Waals surface area (Å²) in [6.07, 6.45) is 1.39. The molecule has 0 radical (unpaired) electrons. The topological polar surface area (TPSA) is 65.7 Å². The second kappa shape index (κ2) is 6.83. The van der Waals surface area contributed by atoms with Crippen LogP contribution >= 0.6 is 0 Å². The Morgan fingerprint density at radius 2 is 1.86 bits per heavy atom. The molecular formula is C16H20N2O3. The van der Waals surface area contributed by atoms with E-state index in [1.807, 2.05) is 12.1 Å². The van der Waals surface area contributed by atoms with E-state index in [-0.39, 0.29) is 5.76 Å². The second-order valence-electron chi connectivity index (χ2n) is 4.65. The Morgan fingerprint density at radius 3 is 2.43 bits per heavy atom. The number of hydrogen-bond acceptors (Lipinski definition) is 4. The first-order chi connectivity index (χ1) is 10.2. The predicted octanol–water partition coefficient (Wildman–Crippen LogP) is 3.44. The molecular weight excluding hydrogens is 268 g/mol. The van der Waals surface area contributed by atoms with Gasteiger partial charge < -0.3 is 19.7 Å². The zero-order chi connectivity index (χ0) is 15.2. The Hall–Kier alpha value is -2.43. The number of nitrogens with zero attached hydrogens (tertiary/aromatic N) is 1. The summed E-state index contributed by atoms with van der Waals surface area (Å²) in [7, 11) is 0. The fourth-order valence-electron chi connectivity index (χ4n) is 2.24. The van der Waals surface area contributed by atoms with Gasteiger partial charge in [0.05, 0.1) is 6.26 Å². The highest BCUT2D eigenvalue weighted by Crippen LogP contribution is 2.19. The van der Waals surface area contributed by atoms with Crippen LogP contribution in [-0.2, 0) is 6.54 Å². The van der Waals surface area contributed by atoms with Crippen molar-refractivity contribution in [3.8, 4) is 0 Å². The maximum absolute atomic E-state index is 11.0. The van der Waals surface area contributed by atoms with Gasteiger partial charge in [0.15, 0.2) is 0 Å². The van der Waals surface area contributed by atoms with Crippen molar-refractivity contribution in [1.82, 2.24) is 0 Å². The highest BCUT2D eigenvalue weighted by Gasteiger charge is 2.13. The van der Waals surface area contributed by atoms with Crippen LogP contribution in [0.25, 0.3) is 0 Å². The standard InChI is InChI=1S/C16H20N2O3/c1-3-18(4-2)14-7-5-13(6-8-14)17-11-12-9-10-21-15(12)16(19)20/h5-10,17H,3-4,11H2,1-2H3,(H,19,20). The molecule has 0 fully saturated rings. The minimum absolute atomic E-state index is 0.0118. The Morgan fingerprint density at radius 1 is 1.19 bits per heavy atom. The third kappa shape index (κ3) is 3.56. The summed E-state index contributed by atoms with van der Waals surface area (Å²) < 4.78 is 4.95.